The van der Waals surface area contributed by atoms with Crippen LogP contribution in [0.2, 0.25) is 0 Å². The zero-order valence-electron chi connectivity index (χ0n) is 15.1. The van der Waals surface area contributed by atoms with E-state index in [1.165, 1.54) is 24.3 Å². The van der Waals surface area contributed by atoms with Crippen LogP contribution < -0.4 is 9.47 Å². The second kappa shape index (κ2) is 8.64. The number of nitro groups is 1. The van der Waals surface area contributed by atoms with Crippen molar-refractivity contribution in [2.75, 3.05) is 7.11 Å². The first kappa shape index (κ1) is 18.8. The molecule has 0 bridgehead atoms. The minimum atomic E-state index is -0.493. The van der Waals surface area contributed by atoms with Gasteiger partial charge < -0.3 is 9.47 Å². The molecule has 0 aliphatic rings. The summed E-state index contributed by atoms with van der Waals surface area (Å²) in [6, 6.07) is 21.5. The van der Waals surface area contributed by atoms with Crippen molar-refractivity contribution >= 4 is 17.5 Å². The van der Waals surface area contributed by atoms with Gasteiger partial charge in [0, 0.05) is 17.7 Å². The molecule has 0 atom stereocenters. The zero-order valence-corrected chi connectivity index (χ0v) is 15.1. The van der Waals surface area contributed by atoms with Crippen molar-refractivity contribution in [3.05, 3.63) is 106 Å². The molecule has 0 unspecified atom stereocenters. The van der Waals surface area contributed by atoms with Gasteiger partial charge >= 0.3 is 0 Å². The molecule has 3 aromatic rings. The summed E-state index contributed by atoms with van der Waals surface area (Å²) < 4.78 is 10.9. The van der Waals surface area contributed by atoms with Crippen LogP contribution in [0.25, 0.3) is 6.08 Å². The standard InChI is InChI=1S/C22H17NO5/c1-27-19-11-7-17(8-12-19)22(24)21(15-16-5-3-2-4-6-16)28-20-13-9-18(10-14-20)23(25)26/h2-15H,1H3/b21-15+. The van der Waals surface area contributed by atoms with Crippen LogP contribution in [0.15, 0.2) is 84.6 Å². The quantitative estimate of drug-likeness (QED) is 0.193. The van der Waals surface area contributed by atoms with Crippen molar-refractivity contribution in [2.45, 2.75) is 0 Å². The number of hydrogen-bond donors (Lipinski definition) is 0. The molecule has 0 radical (unpaired) electrons. The van der Waals surface area contributed by atoms with Gasteiger partial charge in [-0.15, -0.1) is 0 Å². The summed E-state index contributed by atoms with van der Waals surface area (Å²) >= 11 is 0. The Balaban J connectivity index is 1.93. The Kier molecular flexibility index (Phi) is 5.81. The van der Waals surface area contributed by atoms with E-state index in [0.29, 0.717) is 17.1 Å². The van der Waals surface area contributed by atoms with E-state index in [4.69, 9.17) is 9.47 Å². The lowest BCUT2D eigenvalue weighted by atomic mass is 10.1. The Labute approximate surface area is 161 Å². The van der Waals surface area contributed by atoms with Crippen LogP contribution in [0.3, 0.4) is 0 Å². The highest BCUT2D eigenvalue weighted by Crippen LogP contribution is 2.23. The van der Waals surface area contributed by atoms with Crippen molar-refractivity contribution in [3.63, 3.8) is 0 Å². The molecule has 6 heteroatoms. The number of allylic oxidation sites excluding steroid dienone is 1. The van der Waals surface area contributed by atoms with E-state index in [9.17, 15) is 14.9 Å². The summed E-state index contributed by atoms with van der Waals surface area (Å²) in [6.07, 6.45) is 1.63. The summed E-state index contributed by atoms with van der Waals surface area (Å²) in [5.74, 6) is 0.756. The molecular formula is C22H17NO5. The summed E-state index contributed by atoms with van der Waals surface area (Å²) in [5, 5.41) is 10.8. The Hall–Kier alpha value is -3.93. The molecule has 0 spiro atoms. The molecule has 0 aliphatic heterocycles. The van der Waals surface area contributed by atoms with Crippen LogP contribution in [0.4, 0.5) is 5.69 Å². The molecule has 0 saturated carbocycles. The fourth-order valence-corrected chi connectivity index (χ4v) is 2.49. The molecule has 28 heavy (non-hydrogen) atoms. The van der Waals surface area contributed by atoms with Gasteiger partial charge in [-0.25, -0.2) is 0 Å². The first-order chi connectivity index (χ1) is 13.6. The fraction of sp³-hybridized carbons (Fsp3) is 0.0455. The lowest BCUT2D eigenvalue weighted by molar-refractivity contribution is -0.384. The first-order valence-electron chi connectivity index (χ1n) is 8.44. The largest absolute Gasteiger partial charge is 0.497 e. The minimum Gasteiger partial charge on any atom is -0.497 e. The molecular weight excluding hydrogens is 358 g/mol. The third kappa shape index (κ3) is 4.62. The van der Waals surface area contributed by atoms with Crippen LogP contribution in [0.1, 0.15) is 15.9 Å². The van der Waals surface area contributed by atoms with Crippen LogP contribution in [-0.2, 0) is 0 Å². The summed E-state index contributed by atoms with van der Waals surface area (Å²) in [4.78, 5) is 23.3. The highest BCUT2D eigenvalue weighted by molar-refractivity contribution is 6.10. The third-order valence-electron chi connectivity index (χ3n) is 3.95. The molecule has 3 rings (SSSR count). The van der Waals surface area contributed by atoms with Crippen molar-refractivity contribution in [1.29, 1.82) is 0 Å². The maximum atomic E-state index is 13.0. The highest BCUT2D eigenvalue weighted by atomic mass is 16.6. The average molecular weight is 375 g/mol. The van der Waals surface area contributed by atoms with Gasteiger partial charge in [0.2, 0.25) is 5.78 Å². The van der Waals surface area contributed by atoms with Gasteiger partial charge in [0.05, 0.1) is 12.0 Å². The van der Waals surface area contributed by atoms with Gasteiger partial charge in [0.1, 0.15) is 11.5 Å². The number of ether oxygens (including phenoxy) is 2. The van der Waals surface area contributed by atoms with Gasteiger partial charge in [-0.2, -0.15) is 0 Å². The smallest absolute Gasteiger partial charge is 0.269 e. The topological polar surface area (TPSA) is 78.7 Å². The highest BCUT2D eigenvalue weighted by Gasteiger charge is 2.16. The zero-order chi connectivity index (χ0) is 19.9. The average Bonchev–Trinajstić information content (AvgIpc) is 2.74. The van der Waals surface area contributed by atoms with Crippen LogP contribution in [-0.4, -0.2) is 17.8 Å². The van der Waals surface area contributed by atoms with Gasteiger partial charge in [-0.1, -0.05) is 30.3 Å². The SMILES string of the molecule is COc1ccc(C(=O)/C(=C\c2ccccc2)Oc2ccc([N+](=O)[O-])cc2)cc1. The number of Topliss-reactive ketones (excluding diaryl/α,β-unsaturated/α-hetero) is 1. The maximum absolute atomic E-state index is 13.0. The van der Waals surface area contributed by atoms with Crippen LogP contribution in [0.5, 0.6) is 11.5 Å². The molecule has 3 aromatic carbocycles. The second-order valence-corrected chi connectivity index (χ2v) is 5.83. The molecule has 0 saturated heterocycles. The molecule has 0 fully saturated rings. The number of non-ortho nitro benzene ring substituents is 1. The number of rotatable bonds is 7. The molecule has 6 nitrogen and oxygen atoms in total. The van der Waals surface area contributed by atoms with E-state index in [2.05, 4.69) is 0 Å². The van der Waals surface area contributed by atoms with Gasteiger partial charge in [-0.05, 0) is 48.0 Å². The van der Waals surface area contributed by atoms with Crippen molar-refractivity contribution < 1.29 is 19.2 Å². The Morgan fingerprint density at radius 3 is 2.07 bits per heavy atom. The number of carbonyl (C=O) groups excluding carboxylic acids is 1. The van der Waals surface area contributed by atoms with Crippen LogP contribution in [0, 0.1) is 10.1 Å². The number of benzene rings is 3. The molecule has 140 valence electrons. The van der Waals surface area contributed by atoms with Crippen molar-refractivity contribution in [3.8, 4) is 11.5 Å². The summed E-state index contributed by atoms with van der Waals surface area (Å²) in [6.45, 7) is 0. The number of ketones is 1. The Morgan fingerprint density at radius 1 is 0.893 bits per heavy atom. The molecule has 0 heterocycles. The van der Waals surface area contributed by atoms with Gasteiger partial charge in [0.25, 0.3) is 5.69 Å². The number of carbonyl (C=O) groups is 1. The normalized spacial score (nSPS) is 11.0. The Bertz CT molecular complexity index is 993. The number of methoxy groups -OCH3 is 1. The van der Waals surface area contributed by atoms with E-state index < -0.39 is 4.92 Å². The number of nitrogens with zero attached hydrogens (tertiary/aromatic N) is 1. The monoisotopic (exact) mass is 375 g/mol. The van der Waals surface area contributed by atoms with E-state index in [1.54, 1.807) is 37.5 Å². The van der Waals surface area contributed by atoms with Gasteiger partial charge in [0.15, 0.2) is 5.76 Å². The predicted octanol–water partition coefficient (Wildman–Crippen LogP) is 4.91. The van der Waals surface area contributed by atoms with E-state index >= 15 is 0 Å². The predicted molar refractivity (Wildman–Crippen MR) is 105 cm³/mol. The second-order valence-electron chi connectivity index (χ2n) is 5.83. The lowest BCUT2D eigenvalue weighted by Crippen LogP contribution is -2.09. The number of hydrogen-bond acceptors (Lipinski definition) is 5. The molecule has 0 aliphatic carbocycles. The van der Waals surface area contributed by atoms with E-state index in [1.807, 2.05) is 30.3 Å². The van der Waals surface area contributed by atoms with E-state index in [0.717, 1.165) is 5.56 Å². The minimum absolute atomic E-state index is 0.0533. The van der Waals surface area contributed by atoms with Crippen LogP contribution >= 0.6 is 0 Å². The summed E-state index contributed by atoms with van der Waals surface area (Å²) in [5.41, 5.74) is 1.17. The van der Waals surface area contributed by atoms with Gasteiger partial charge in [-0.3, -0.25) is 14.9 Å². The number of nitro benzene ring substituents is 1. The molecule has 0 aromatic heterocycles. The van der Waals surface area contributed by atoms with Crippen molar-refractivity contribution in [1.82, 2.24) is 0 Å². The molecule has 0 amide bonds. The molecule has 0 N–H and O–H groups in total. The first-order valence-corrected chi connectivity index (χ1v) is 8.44. The fourth-order valence-electron chi connectivity index (χ4n) is 2.49. The lowest BCUT2D eigenvalue weighted by Gasteiger charge is -2.10. The van der Waals surface area contributed by atoms with Crippen molar-refractivity contribution in [2.24, 2.45) is 0 Å². The third-order valence-corrected chi connectivity index (χ3v) is 3.95. The Morgan fingerprint density at radius 2 is 1.50 bits per heavy atom. The van der Waals surface area contributed by atoms with E-state index in [-0.39, 0.29) is 17.2 Å². The maximum Gasteiger partial charge on any atom is 0.269 e. The summed E-state index contributed by atoms with van der Waals surface area (Å²) in [7, 11) is 1.55.